The fraction of sp³-hybridized carbons (Fsp3) is 0.308. The summed E-state index contributed by atoms with van der Waals surface area (Å²) in [5.74, 6) is 0.222. The van der Waals surface area contributed by atoms with Crippen LogP contribution in [0, 0.1) is 12.8 Å². The molecular formula is C13H13Cl2NO. The summed E-state index contributed by atoms with van der Waals surface area (Å²) in [6.07, 6.45) is 2.28. The van der Waals surface area contributed by atoms with E-state index in [9.17, 15) is 4.79 Å². The van der Waals surface area contributed by atoms with Gasteiger partial charge in [-0.3, -0.25) is 4.79 Å². The highest BCUT2D eigenvalue weighted by Gasteiger charge is 2.31. The lowest BCUT2D eigenvalue weighted by Crippen LogP contribution is -2.25. The van der Waals surface area contributed by atoms with Crippen molar-refractivity contribution in [1.82, 2.24) is 0 Å². The predicted molar refractivity (Wildman–Crippen MR) is 71.9 cm³/mol. The van der Waals surface area contributed by atoms with E-state index < -0.39 is 0 Å². The molecule has 1 saturated heterocycles. The van der Waals surface area contributed by atoms with Crippen LogP contribution in [0.2, 0.25) is 10.0 Å². The number of hydrogen-bond donors (Lipinski definition) is 0. The van der Waals surface area contributed by atoms with Gasteiger partial charge in [0, 0.05) is 18.9 Å². The predicted octanol–water partition coefficient (Wildman–Crippen LogP) is 3.84. The van der Waals surface area contributed by atoms with Crippen molar-refractivity contribution in [2.24, 2.45) is 5.92 Å². The van der Waals surface area contributed by atoms with Crippen molar-refractivity contribution in [1.29, 1.82) is 0 Å². The summed E-state index contributed by atoms with van der Waals surface area (Å²) in [6.45, 7) is 6.22. The van der Waals surface area contributed by atoms with E-state index in [0.29, 0.717) is 28.7 Å². The van der Waals surface area contributed by atoms with Gasteiger partial charge >= 0.3 is 0 Å². The zero-order valence-corrected chi connectivity index (χ0v) is 11.1. The molecule has 1 heterocycles. The van der Waals surface area contributed by atoms with Crippen LogP contribution in [0.5, 0.6) is 0 Å². The minimum Gasteiger partial charge on any atom is -0.309 e. The number of carbonyl (C=O) groups is 1. The van der Waals surface area contributed by atoms with Gasteiger partial charge in [0.1, 0.15) is 0 Å². The summed E-state index contributed by atoms with van der Waals surface area (Å²) >= 11 is 12.4. The van der Waals surface area contributed by atoms with Crippen molar-refractivity contribution in [2.75, 3.05) is 11.4 Å². The van der Waals surface area contributed by atoms with Gasteiger partial charge in [-0.2, -0.15) is 0 Å². The van der Waals surface area contributed by atoms with Crippen LogP contribution in [0.15, 0.2) is 24.8 Å². The molecule has 17 heavy (non-hydrogen) atoms. The first-order valence-corrected chi connectivity index (χ1v) is 6.17. The number of anilines is 1. The largest absolute Gasteiger partial charge is 0.309 e. The Hall–Kier alpha value is -0.990. The first-order valence-electron chi connectivity index (χ1n) is 5.42. The molecule has 2 nitrogen and oxygen atoms in total. The first-order chi connectivity index (χ1) is 8.04. The molecule has 90 valence electrons. The van der Waals surface area contributed by atoms with Gasteiger partial charge in [-0.25, -0.2) is 0 Å². The second-order valence-electron chi connectivity index (χ2n) is 4.23. The van der Waals surface area contributed by atoms with Gasteiger partial charge in [0.2, 0.25) is 5.91 Å². The van der Waals surface area contributed by atoms with Crippen molar-refractivity contribution in [3.8, 4) is 0 Å². The fourth-order valence-corrected chi connectivity index (χ4v) is 2.57. The van der Waals surface area contributed by atoms with Crippen LogP contribution < -0.4 is 4.90 Å². The summed E-state index contributed by atoms with van der Waals surface area (Å²) in [6, 6.07) is 3.62. The molecule has 0 aliphatic carbocycles. The number of nitrogens with zero attached hydrogens (tertiary/aromatic N) is 1. The van der Waals surface area contributed by atoms with Gasteiger partial charge in [-0.15, -0.1) is 6.58 Å². The molecule has 1 aromatic carbocycles. The Labute approximate surface area is 111 Å². The van der Waals surface area contributed by atoms with Gasteiger partial charge < -0.3 is 4.90 Å². The SMILES string of the molecule is C=CC1CC(=O)N(c2c(Cl)ccc(C)c2Cl)C1. The minimum atomic E-state index is 0.0456. The number of benzene rings is 1. The molecule has 4 heteroatoms. The molecule has 1 unspecified atom stereocenters. The van der Waals surface area contributed by atoms with E-state index in [-0.39, 0.29) is 11.8 Å². The summed E-state index contributed by atoms with van der Waals surface area (Å²) in [5, 5.41) is 1.06. The Morgan fingerprint density at radius 2 is 2.18 bits per heavy atom. The van der Waals surface area contributed by atoms with Crippen LogP contribution in [0.3, 0.4) is 0 Å². The lowest BCUT2D eigenvalue weighted by molar-refractivity contribution is -0.117. The fourth-order valence-electron chi connectivity index (χ4n) is 2.00. The quantitative estimate of drug-likeness (QED) is 0.748. The summed E-state index contributed by atoms with van der Waals surface area (Å²) in [4.78, 5) is 13.6. The Bertz CT molecular complexity index is 485. The maximum absolute atomic E-state index is 11.9. The van der Waals surface area contributed by atoms with Crippen molar-refractivity contribution < 1.29 is 4.79 Å². The summed E-state index contributed by atoms with van der Waals surface area (Å²) < 4.78 is 0. The normalized spacial score (nSPS) is 19.8. The van der Waals surface area contributed by atoms with E-state index in [1.54, 1.807) is 17.0 Å². The van der Waals surface area contributed by atoms with E-state index in [2.05, 4.69) is 6.58 Å². The molecule has 0 saturated carbocycles. The van der Waals surface area contributed by atoms with Crippen molar-refractivity contribution in [2.45, 2.75) is 13.3 Å². The second-order valence-corrected chi connectivity index (χ2v) is 5.02. The zero-order valence-electron chi connectivity index (χ0n) is 9.54. The molecular weight excluding hydrogens is 257 g/mol. The van der Waals surface area contributed by atoms with Gasteiger partial charge in [-0.1, -0.05) is 35.3 Å². The molecule has 1 amide bonds. The Morgan fingerprint density at radius 3 is 2.76 bits per heavy atom. The molecule has 1 aromatic rings. The maximum Gasteiger partial charge on any atom is 0.227 e. The third-order valence-electron chi connectivity index (χ3n) is 3.02. The Morgan fingerprint density at radius 1 is 1.47 bits per heavy atom. The number of rotatable bonds is 2. The highest BCUT2D eigenvalue weighted by molar-refractivity contribution is 6.40. The van der Waals surface area contributed by atoms with E-state index in [1.807, 2.05) is 13.0 Å². The highest BCUT2D eigenvalue weighted by atomic mass is 35.5. The average Bonchev–Trinajstić information content (AvgIpc) is 2.66. The Balaban J connectivity index is 2.44. The molecule has 0 radical (unpaired) electrons. The third kappa shape index (κ3) is 2.20. The Kier molecular flexibility index (Phi) is 3.45. The van der Waals surface area contributed by atoms with E-state index >= 15 is 0 Å². The number of amides is 1. The topological polar surface area (TPSA) is 20.3 Å². The number of aryl methyl sites for hydroxylation is 1. The first kappa shape index (κ1) is 12.5. The lowest BCUT2D eigenvalue weighted by atomic mass is 10.1. The third-order valence-corrected chi connectivity index (χ3v) is 3.80. The van der Waals surface area contributed by atoms with Gasteiger partial charge in [0.25, 0.3) is 0 Å². The van der Waals surface area contributed by atoms with Crippen molar-refractivity contribution in [3.05, 3.63) is 40.4 Å². The van der Waals surface area contributed by atoms with Crippen LogP contribution in [0.4, 0.5) is 5.69 Å². The molecule has 0 N–H and O–H groups in total. The molecule has 1 aliphatic heterocycles. The van der Waals surface area contributed by atoms with Crippen LogP contribution in [-0.4, -0.2) is 12.5 Å². The number of halogens is 2. The van der Waals surface area contributed by atoms with Gasteiger partial charge in [-0.05, 0) is 18.6 Å². The second kappa shape index (κ2) is 4.71. The van der Waals surface area contributed by atoms with Gasteiger partial charge in [0.05, 0.1) is 15.7 Å². The average molecular weight is 270 g/mol. The highest BCUT2D eigenvalue weighted by Crippen LogP contribution is 2.39. The molecule has 1 atom stereocenters. The van der Waals surface area contributed by atoms with Crippen molar-refractivity contribution in [3.63, 3.8) is 0 Å². The number of hydrogen-bond acceptors (Lipinski definition) is 1. The van der Waals surface area contributed by atoms with E-state index in [0.717, 1.165) is 5.56 Å². The van der Waals surface area contributed by atoms with Crippen LogP contribution in [0.1, 0.15) is 12.0 Å². The maximum atomic E-state index is 11.9. The van der Waals surface area contributed by atoms with Crippen LogP contribution in [-0.2, 0) is 4.79 Å². The monoisotopic (exact) mass is 269 g/mol. The minimum absolute atomic E-state index is 0.0456. The molecule has 0 bridgehead atoms. The summed E-state index contributed by atoms with van der Waals surface area (Å²) in [5.41, 5.74) is 1.55. The van der Waals surface area contributed by atoms with E-state index in [4.69, 9.17) is 23.2 Å². The van der Waals surface area contributed by atoms with Crippen LogP contribution in [0.25, 0.3) is 0 Å². The van der Waals surface area contributed by atoms with Crippen LogP contribution >= 0.6 is 23.2 Å². The number of carbonyl (C=O) groups excluding carboxylic acids is 1. The van der Waals surface area contributed by atoms with E-state index in [1.165, 1.54) is 0 Å². The smallest absolute Gasteiger partial charge is 0.227 e. The van der Waals surface area contributed by atoms with Crippen molar-refractivity contribution >= 4 is 34.8 Å². The van der Waals surface area contributed by atoms with Gasteiger partial charge in [0.15, 0.2) is 0 Å². The summed E-state index contributed by atoms with van der Waals surface area (Å²) in [7, 11) is 0. The molecule has 0 spiro atoms. The standard InChI is InChI=1S/C13H13Cl2NO/c1-3-9-6-11(17)16(7-9)13-10(14)5-4-8(2)12(13)15/h3-5,9H,1,6-7H2,2H3. The molecule has 2 rings (SSSR count). The zero-order chi connectivity index (χ0) is 12.6. The molecule has 1 fully saturated rings. The molecule has 1 aliphatic rings. The lowest BCUT2D eigenvalue weighted by Gasteiger charge is -2.20. The molecule has 0 aromatic heterocycles.